The van der Waals surface area contributed by atoms with Crippen LogP contribution in [0, 0.1) is 6.92 Å². The Hall–Kier alpha value is -2.05. The number of nitrogens with zero attached hydrogens (tertiary/aromatic N) is 2. The number of hydrogen-bond donors (Lipinski definition) is 1. The number of fused-ring (bicyclic) bond motifs is 3. The van der Waals surface area contributed by atoms with Crippen LogP contribution in [0.5, 0.6) is 11.5 Å². The highest BCUT2D eigenvalue weighted by Gasteiger charge is 2.44. The predicted octanol–water partition coefficient (Wildman–Crippen LogP) is 2.94. The van der Waals surface area contributed by atoms with E-state index in [1.807, 2.05) is 19.1 Å². The molecule has 0 radical (unpaired) electrons. The van der Waals surface area contributed by atoms with Crippen LogP contribution in [0.3, 0.4) is 0 Å². The summed E-state index contributed by atoms with van der Waals surface area (Å²) in [6.07, 6.45) is 3.99. The molecule has 2 aromatic rings. The van der Waals surface area contributed by atoms with Crippen molar-refractivity contribution >= 4 is 11.6 Å². The summed E-state index contributed by atoms with van der Waals surface area (Å²) in [5, 5.41) is 0.705. The minimum absolute atomic E-state index is 0.0184. The first-order valence-electron chi connectivity index (χ1n) is 9.45. The SMILES string of the molecule is Cc1nc2c(c(=O)[nH]1)CCC21CCCN(Cc2cc3c(cc2Cl)OCO3)C1. The van der Waals surface area contributed by atoms with Gasteiger partial charge in [-0.05, 0) is 50.8 Å². The number of aromatic nitrogens is 2. The molecule has 0 amide bonds. The maximum atomic E-state index is 12.3. The molecule has 1 saturated heterocycles. The standard InChI is InChI=1S/C20H22ClN3O3/c1-12-22-18-14(19(25)23-12)3-5-20(18)4-2-6-24(10-20)9-13-7-16-17(8-15(13)21)27-11-26-16/h7-8H,2-6,9-11H2,1H3,(H,22,23,25). The molecule has 0 saturated carbocycles. The highest BCUT2D eigenvalue weighted by molar-refractivity contribution is 6.31. The third kappa shape index (κ3) is 2.82. The summed E-state index contributed by atoms with van der Waals surface area (Å²) < 4.78 is 10.9. The van der Waals surface area contributed by atoms with E-state index in [1.54, 1.807) is 0 Å². The lowest BCUT2D eigenvalue weighted by Crippen LogP contribution is -2.45. The highest BCUT2D eigenvalue weighted by atomic mass is 35.5. The molecule has 3 aliphatic rings. The molecule has 1 atom stereocenters. The third-order valence-electron chi connectivity index (χ3n) is 6.08. The molecular formula is C20H22ClN3O3. The van der Waals surface area contributed by atoms with Gasteiger partial charge in [-0.25, -0.2) is 4.98 Å². The van der Waals surface area contributed by atoms with Gasteiger partial charge in [0.05, 0.1) is 5.69 Å². The Morgan fingerprint density at radius 1 is 1.30 bits per heavy atom. The lowest BCUT2D eigenvalue weighted by Gasteiger charge is -2.40. The second-order valence-corrected chi connectivity index (χ2v) is 8.28. The number of hydrogen-bond acceptors (Lipinski definition) is 5. The zero-order valence-electron chi connectivity index (χ0n) is 15.3. The molecule has 1 aromatic carbocycles. The number of rotatable bonds is 2. The summed E-state index contributed by atoms with van der Waals surface area (Å²) in [5.41, 5.74) is 2.96. The van der Waals surface area contributed by atoms with Crippen molar-refractivity contribution in [1.29, 1.82) is 0 Å². The number of nitrogens with one attached hydrogen (secondary N) is 1. The van der Waals surface area contributed by atoms with Crippen molar-refractivity contribution in [2.75, 3.05) is 19.9 Å². The second-order valence-electron chi connectivity index (χ2n) is 7.87. The summed E-state index contributed by atoms with van der Waals surface area (Å²) in [6, 6.07) is 3.83. The average Bonchev–Trinajstić information content (AvgIpc) is 3.21. The van der Waals surface area contributed by atoms with E-state index in [0.717, 1.165) is 67.9 Å². The fraction of sp³-hybridized carbons (Fsp3) is 0.500. The summed E-state index contributed by atoms with van der Waals surface area (Å²) in [5.74, 6) is 2.18. The van der Waals surface area contributed by atoms with Crippen LogP contribution >= 0.6 is 11.6 Å². The molecule has 3 heterocycles. The van der Waals surface area contributed by atoms with Crippen LogP contribution in [-0.2, 0) is 18.4 Å². The molecule has 2 aliphatic heterocycles. The number of benzene rings is 1. The van der Waals surface area contributed by atoms with Crippen LogP contribution < -0.4 is 15.0 Å². The number of aromatic amines is 1. The van der Waals surface area contributed by atoms with Crippen LogP contribution in [0.1, 0.15) is 41.9 Å². The molecule has 142 valence electrons. The van der Waals surface area contributed by atoms with Crippen molar-refractivity contribution in [1.82, 2.24) is 14.9 Å². The van der Waals surface area contributed by atoms with Crippen molar-refractivity contribution in [3.05, 3.63) is 50.2 Å². The van der Waals surface area contributed by atoms with Crippen molar-refractivity contribution in [3.8, 4) is 11.5 Å². The Kier molecular flexibility index (Phi) is 3.95. The maximum absolute atomic E-state index is 12.3. The van der Waals surface area contributed by atoms with Gasteiger partial charge in [0.15, 0.2) is 11.5 Å². The first-order chi connectivity index (χ1) is 13.0. The predicted molar refractivity (Wildman–Crippen MR) is 102 cm³/mol. The van der Waals surface area contributed by atoms with Crippen LogP contribution in [0.2, 0.25) is 5.02 Å². The molecule has 1 aromatic heterocycles. The largest absolute Gasteiger partial charge is 0.454 e. The molecular weight excluding hydrogens is 366 g/mol. The van der Waals surface area contributed by atoms with Gasteiger partial charge >= 0.3 is 0 Å². The second kappa shape index (κ2) is 6.24. The fourth-order valence-electron chi connectivity index (χ4n) is 4.84. The molecule has 1 N–H and O–H groups in total. The van der Waals surface area contributed by atoms with Crippen molar-refractivity contribution in [3.63, 3.8) is 0 Å². The van der Waals surface area contributed by atoms with Crippen molar-refractivity contribution in [2.24, 2.45) is 0 Å². The van der Waals surface area contributed by atoms with Gasteiger partial charge in [-0.15, -0.1) is 0 Å². The number of likely N-dealkylation sites (tertiary alicyclic amines) is 1. The highest BCUT2D eigenvalue weighted by Crippen LogP contribution is 2.44. The number of piperidine rings is 1. The Morgan fingerprint density at radius 2 is 2.11 bits per heavy atom. The lowest BCUT2D eigenvalue weighted by molar-refractivity contribution is 0.136. The molecule has 1 fully saturated rings. The van der Waals surface area contributed by atoms with E-state index < -0.39 is 0 Å². The van der Waals surface area contributed by atoms with Crippen molar-refractivity contribution < 1.29 is 9.47 Å². The molecule has 0 bridgehead atoms. The smallest absolute Gasteiger partial charge is 0.254 e. The number of aryl methyl sites for hydroxylation is 1. The molecule has 1 spiro atoms. The maximum Gasteiger partial charge on any atom is 0.254 e. The van der Waals surface area contributed by atoms with Crippen LogP contribution in [0.15, 0.2) is 16.9 Å². The van der Waals surface area contributed by atoms with E-state index in [2.05, 4.69) is 9.88 Å². The van der Waals surface area contributed by atoms with Crippen LogP contribution in [0.4, 0.5) is 0 Å². The van der Waals surface area contributed by atoms with Gasteiger partial charge in [0.25, 0.3) is 5.56 Å². The lowest BCUT2D eigenvalue weighted by atomic mass is 9.77. The number of halogens is 1. The third-order valence-corrected chi connectivity index (χ3v) is 6.43. The summed E-state index contributed by atoms with van der Waals surface area (Å²) in [6.45, 7) is 4.79. The van der Waals surface area contributed by atoms with Gasteiger partial charge in [-0.1, -0.05) is 11.6 Å². The topological polar surface area (TPSA) is 67.5 Å². The van der Waals surface area contributed by atoms with Crippen LogP contribution in [-0.4, -0.2) is 34.8 Å². The minimum Gasteiger partial charge on any atom is -0.454 e. The summed E-state index contributed by atoms with van der Waals surface area (Å²) in [7, 11) is 0. The zero-order valence-corrected chi connectivity index (χ0v) is 16.1. The normalized spacial score (nSPS) is 23.8. The first kappa shape index (κ1) is 17.1. The molecule has 27 heavy (non-hydrogen) atoms. The first-order valence-corrected chi connectivity index (χ1v) is 9.83. The Balaban J connectivity index is 1.43. The Labute approximate surface area is 162 Å². The molecule has 5 rings (SSSR count). The number of H-pyrrole nitrogens is 1. The molecule has 1 unspecified atom stereocenters. The van der Waals surface area contributed by atoms with E-state index in [4.69, 9.17) is 26.1 Å². The van der Waals surface area contributed by atoms with E-state index >= 15 is 0 Å². The Bertz CT molecular complexity index is 974. The number of ether oxygens (including phenoxy) is 2. The Morgan fingerprint density at radius 3 is 2.96 bits per heavy atom. The summed E-state index contributed by atoms with van der Waals surface area (Å²) >= 11 is 6.48. The van der Waals surface area contributed by atoms with Gasteiger partial charge < -0.3 is 14.5 Å². The molecule has 6 nitrogen and oxygen atoms in total. The average molecular weight is 388 g/mol. The fourth-order valence-corrected chi connectivity index (χ4v) is 5.06. The monoisotopic (exact) mass is 387 g/mol. The van der Waals surface area contributed by atoms with E-state index in [9.17, 15) is 4.79 Å². The van der Waals surface area contributed by atoms with Gasteiger partial charge in [0.2, 0.25) is 6.79 Å². The molecule has 7 heteroatoms. The van der Waals surface area contributed by atoms with E-state index in [1.165, 1.54) is 0 Å². The van der Waals surface area contributed by atoms with Crippen molar-refractivity contribution in [2.45, 2.75) is 44.6 Å². The van der Waals surface area contributed by atoms with Gasteiger partial charge in [0.1, 0.15) is 5.82 Å². The van der Waals surface area contributed by atoms with E-state index in [0.29, 0.717) is 16.6 Å². The molecule has 1 aliphatic carbocycles. The van der Waals surface area contributed by atoms with E-state index in [-0.39, 0.29) is 17.8 Å². The van der Waals surface area contributed by atoms with Gasteiger partial charge in [-0.2, -0.15) is 0 Å². The summed E-state index contributed by atoms with van der Waals surface area (Å²) in [4.78, 5) is 22.4. The zero-order chi connectivity index (χ0) is 18.6. The minimum atomic E-state index is -0.0184. The quantitative estimate of drug-likeness (QED) is 0.858. The van der Waals surface area contributed by atoms with Gasteiger partial charge in [-0.3, -0.25) is 9.69 Å². The van der Waals surface area contributed by atoms with Crippen LogP contribution in [0.25, 0.3) is 0 Å². The van der Waals surface area contributed by atoms with Gasteiger partial charge in [0, 0.05) is 35.2 Å².